The van der Waals surface area contributed by atoms with Crippen molar-refractivity contribution in [2.75, 3.05) is 26.2 Å². The first-order valence-corrected chi connectivity index (χ1v) is 8.00. The standard InChI is InChI=1S/C13H20N2O3S/c1-2-15-8-7-11(10-15)9-14-19(17,18)13-5-3-12(16)4-6-13/h3-6,11,14,16H,2,7-10H2,1H3. The number of aromatic hydroxyl groups is 1. The van der Waals surface area contributed by atoms with Crippen molar-refractivity contribution in [3.8, 4) is 5.75 Å². The Kier molecular flexibility index (Phi) is 4.44. The van der Waals surface area contributed by atoms with Crippen molar-refractivity contribution >= 4 is 10.0 Å². The molecule has 0 aliphatic carbocycles. The molecule has 1 aliphatic rings. The Bertz CT molecular complexity index is 513. The predicted octanol–water partition coefficient (Wildman–Crippen LogP) is 1.01. The van der Waals surface area contributed by atoms with Crippen LogP contribution in [0.3, 0.4) is 0 Å². The van der Waals surface area contributed by atoms with E-state index >= 15 is 0 Å². The minimum atomic E-state index is -3.47. The molecule has 1 heterocycles. The summed E-state index contributed by atoms with van der Waals surface area (Å²) >= 11 is 0. The van der Waals surface area contributed by atoms with Gasteiger partial charge in [-0.2, -0.15) is 0 Å². The van der Waals surface area contributed by atoms with Crippen LogP contribution >= 0.6 is 0 Å². The molecule has 0 aromatic heterocycles. The van der Waals surface area contributed by atoms with Gasteiger partial charge in [-0.15, -0.1) is 0 Å². The van der Waals surface area contributed by atoms with Gasteiger partial charge in [0.15, 0.2) is 0 Å². The number of phenols is 1. The van der Waals surface area contributed by atoms with Crippen molar-refractivity contribution in [2.45, 2.75) is 18.2 Å². The number of phenolic OH excluding ortho intramolecular Hbond substituents is 1. The Balaban J connectivity index is 1.93. The lowest BCUT2D eigenvalue weighted by atomic mass is 10.1. The van der Waals surface area contributed by atoms with Crippen molar-refractivity contribution in [1.82, 2.24) is 9.62 Å². The summed E-state index contributed by atoms with van der Waals surface area (Å²) in [5, 5.41) is 9.16. The number of nitrogens with one attached hydrogen (secondary N) is 1. The van der Waals surface area contributed by atoms with Crippen LogP contribution in [-0.2, 0) is 10.0 Å². The van der Waals surface area contributed by atoms with Gasteiger partial charge in [0.1, 0.15) is 5.75 Å². The quantitative estimate of drug-likeness (QED) is 0.847. The molecule has 1 aromatic carbocycles. The van der Waals surface area contributed by atoms with Crippen LogP contribution in [0.15, 0.2) is 29.2 Å². The summed E-state index contributed by atoms with van der Waals surface area (Å²) in [4.78, 5) is 2.51. The van der Waals surface area contributed by atoms with E-state index in [1.165, 1.54) is 24.3 Å². The number of benzene rings is 1. The van der Waals surface area contributed by atoms with Crippen molar-refractivity contribution in [3.05, 3.63) is 24.3 Å². The monoisotopic (exact) mass is 284 g/mol. The molecule has 106 valence electrons. The van der Waals surface area contributed by atoms with Gasteiger partial charge in [-0.3, -0.25) is 0 Å². The van der Waals surface area contributed by atoms with E-state index in [1.807, 2.05) is 0 Å². The summed E-state index contributed by atoms with van der Waals surface area (Å²) < 4.78 is 26.7. The fourth-order valence-electron chi connectivity index (χ4n) is 2.30. The van der Waals surface area contributed by atoms with E-state index in [-0.39, 0.29) is 10.6 Å². The average molecular weight is 284 g/mol. The Morgan fingerprint density at radius 1 is 1.37 bits per heavy atom. The van der Waals surface area contributed by atoms with Gasteiger partial charge in [-0.25, -0.2) is 13.1 Å². The SMILES string of the molecule is CCN1CCC(CNS(=O)(=O)c2ccc(O)cc2)C1. The first kappa shape index (κ1) is 14.3. The molecule has 2 rings (SSSR count). The number of hydrogen-bond donors (Lipinski definition) is 2. The maximum atomic E-state index is 12.0. The first-order valence-electron chi connectivity index (χ1n) is 6.52. The van der Waals surface area contributed by atoms with Gasteiger partial charge in [0, 0.05) is 13.1 Å². The summed E-state index contributed by atoms with van der Waals surface area (Å²) in [6.45, 7) is 5.60. The van der Waals surface area contributed by atoms with E-state index in [0.29, 0.717) is 12.5 Å². The zero-order chi connectivity index (χ0) is 13.9. The highest BCUT2D eigenvalue weighted by molar-refractivity contribution is 7.89. The highest BCUT2D eigenvalue weighted by Crippen LogP contribution is 2.17. The van der Waals surface area contributed by atoms with E-state index in [4.69, 9.17) is 5.11 Å². The molecule has 1 aromatic rings. The summed E-state index contributed by atoms with van der Waals surface area (Å²) in [5.74, 6) is 0.445. The number of rotatable bonds is 5. The molecule has 0 radical (unpaired) electrons. The molecule has 1 atom stereocenters. The summed E-state index contributed by atoms with van der Waals surface area (Å²) in [5.41, 5.74) is 0. The molecule has 0 bridgehead atoms. The van der Waals surface area contributed by atoms with Crippen LogP contribution in [-0.4, -0.2) is 44.6 Å². The average Bonchev–Trinajstić information content (AvgIpc) is 2.85. The van der Waals surface area contributed by atoms with Gasteiger partial charge in [0.05, 0.1) is 4.90 Å². The van der Waals surface area contributed by atoms with Crippen LogP contribution in [0.25, 0.3) is 0 Å². The molecule has 0 spiro atoms. The fraction of sp³-hybridized carbons (Fsp3) is 0.538. The third-order valence-electron chi connectivity index (χ3n) is 3.53. The molecule has 19 heavy (non-hydrogen) atoms. The third kappa shape index (κ3) is 3.68. The maximum absolute atomic E-state index is 12.0. The van der Waals surface area contributed by atoms with E-state index < -0.39 is 10.0 Å². The van der Waals surface area contributed by atoms with Crippen LogP contribution in [0, 0.1) is 5.92 Å². The Labute approximate surface area is 114 Å². The van der Waals surface area contributed by atoms with Crippen molar-refractivity contribution in [3.63, 3.8) is 0 Å². The van der Waals surface area contributed by atoms with E-state index in [0.717, 1.165) is 26.1 Å². The number of nitrogens with zero attached hydrogens (tertiary/aromatic N) is 1. The van der Waals surface area contributed by atoms with Gasteiger partial charge in [0.2, 0.25) is 10.0 Å². The number of likely N-dealkylation sites (tertiary alicyclic amines) is 1. The molecule has 5 nitrogen and oxygen atoms in total. The lowest BCUT2D eigenvalue weighted by molar-refractivity contribution is 0.342. The van der Waals surface area contributed by atoms with Crippen molar-refractivity contribution in [2.24, 2.45) is 5.92 Å². The van der Waals surface area contributed by atoms with Crippen LogP contribution in [0.5, 0.6) is 5.75 Å². The van der Waals surface area contributed by atoms with Gasteiger partial charge in [-0.1, -0.05) is 6.92 Å². The fourth-order valence-corrected chi connectivity index (χ4v) is 3.42. The van der Waals surface area contributed by atoms with E-state index in [2.05, 4.69) is 16.5 Å². The minimum absolute atomic E-state index is 0.0633. The molecule has 6 heteroatoms. The maximum Gasteiger partial charge on any atom is 0.240 e. The smallest absolute Gasteiger partial charge is 0.240 e. The minimum Gasteiger partial charge on any atom is -0.508 e. The summed E-state index contributed by atoms with van der Waals surface area (Å²) in [6, 6.07) is 5.57. The number of hydrogen-bond acceptors (Lipinski definition) is 4. The van der Waals surface area contributed by atoms with Crippen LogP contribution in [0.4, 0.5) is 0 Å². The third-order valence-corrected chi connectivity index (χ3v) is 4.97. The zero-order valence-electron chi connectivity index (χ0n) is 11.0. The van der Waals surface area contributed by atoms with Gasteiger partial charge < -0.3 is 10.0 Å². The van der Waals surface area contributed by atoms with Crippen LogP contribution in [0.1, 0.15) is 13.3 Å². The largest absolute Gasteiger partial charge is 0.508 e. The van der Waals surface area contributed by atoms with Crippen molar-refractivity contribution in [1.29, 1.82) is 0 Å². The van der Waals surface area contributed by atoms with E-state index in [1.54, 1.807) is 0 Å². The molecule has 1 saturated heterocycles. The highest BCUT2D eigenvalue weighted by atomic mass is 32.2. The second kappa shape index (κ2) is 5.90. The second-order valence-corrected chi connectivity index (χ2v) is 6.66. The molecule has 1 fully saturated rings. The van der Waals surface area contributed by atoms with Gasteiger partial charge >= 0.3 is 0 Å². The molecule has 0 amide bonds. The molecule has 1 unspecified atom stereocenters. The summed E-state index contributed by atoms with van der Waals surface area (Å²) in [6.07, 6.45) is 1.03. The Morgan fingerprint density at radius 2 is 2.05 bits per heavy atom. The Morgan fingerprint density at radius 3 is 2.63 bits per heavy atom. The lowest BCUT2D eigenvalue weighted by Crippen LogP contribution is -2.31. The molecule has 0 saturated carbocycles. The first-order chi connectivity index (χ1) is 9.01. The molecule has 1 aliphatic heterocycles. The Hall–Kier alpha value is -1.11. The highest BCUT2D eigenvalue weighted by Gasteiger charge is 2.23. The van der Waals surface area contributed by atoms with Crippen molar-refractivity contribution < 1.29 is 13.5 Å². The van der Waals surface area contributed by atoms with Gasteiger partial charge in [0.25, 0.3) is 0 Å². The normalized spacial score (nSPS) is 20.8. The molecule has 2 N–H and O–H groups in total. The predicted molar refractivity (Wildman–Crippen MR) is 73.5 cm³/mol. The topological polar surface area (TPSA) is 69.6 Å². The van der Waals surface area contributed by atoms with Crippen LogP contribution in [0.2, 0.25) is 0 Å². The van der Waals surface area contributed by atoms with Gasteiger partial charge in [-0.05, 0) is 49.7 Å². The summed E-state index contributed by atoms with van der Waals surface area (Å²) in [7, 11) is -3.47. The van der Waals surface area contributed by atoms with Crippen LogP contribution < -0.4 is 4.72 Å². The molecular weight excluding hydrogens is 264 g/mol. The molecular formula is C13H20N2O3S. The zero-order valence-corrected chi connectivity index (χ0v) is 11.9. The number of sulfonamides is 1. The second-order valence-electron chi connectivity index (χ2n) is 4.89. The van der Waals surface area contributed by atoms with E-state index in [9.17, 15) is 8.42 Å². The lowest BCUT2D eigenvalue weighted by Gasteiger charge is -2.14.